The summed E-state index contributed by atoms with van der Waals surface area (Å²) in [4.78, 5) is 16.2. The van der Waals surface area contributed by atoms with Crippen LogP contribution in [0.2, 0.25) is 0 Å². The molecule has 1 fully saturated rings. The Morgan fingerprint density at radius 2 is 2.19 bits per heavy atom. The Morgan fingerprint density at radius 1 is 1.33 bits per heavy atom. The van der Waals surface area contributed by atoms with Gasteiger partial charge in [0.15, 0.2) is 5.82 Å². The molecule has 3 heterocycles. The van der Waals surface area contributed by atoms with Gasteiger partial charge in [-0.1, -0.05) is 6.92 Å². The second-order valence-electron chi connectivity index (χ2n) is 5.86. The first kappa shape index (κ1) is 14.2. The molecule has 1 aliphatic rings. The predicted molar refractivity (Wildman–Crippen MR) is 82.3 cm³/mol. The molecule has 1 atom stereocenters. The van der Waals surface area contributed by atoms with E-state index < -0.39 is 0 Å². The summed E-state index contributed by atoms with van der Waals surface area (Å²) >= 11 is 0. The molecule has 0 radical (unpaired) electrons. The van der Waals surface area contributed by atoms with Gasteiger partial charge in [0.2, 0.25) is 0 Å². The zero-order chi connectivity index (χ0) is 14.8. The first-order chi connectivity index (χ1) is 10.2. The van der Waals surface area contributed by atoms with Crippen molar-refractivity contribution in [2.24, 2.45) is 0 Å². The molecule has 21 heavy (non-hydrogen) atoms. The van der Waals surface area contributed by atoms with Gasteiger partial charge < -0.3 is 0 Å². The van der Waals surface area contributed by atoms with Crippen molar-refractivity contribution in [2.45, 2.75) is 52.1 Å². The van der Waals surface area contributed by atoms with Gasteiger partial charge in [-0.05, 0) is 33.2 Å². The second-order valence-corrected chi connectivity index (χ2v) is 5.86. The molecule has 1 saturated heterocycles. The molecule has 2 aromatic rings. The first-order valence-corrected chi connectivity index (χ1v) is 7.81. The maximum Gasteiger partial charge on any atom is 0.156 e. The fourth-order valence-corrected chi connectivity index (χ4v) is 3.18. The summed E-state index contributed by atoms with van der Waals surface area (Å²) in [6.45, 7) is 7.76. The summed E-state index contributed by atoms with van der Waals surface area (Å²) in [6.07, 6.45) is 10.8. The zero-order valence-corrected chi connectivity index (χ0v) is 13.0. The predicted octanol–water partition coefficient (Wildman–Crippen LogP) is 2.77. The van der Waals surface area contributed by atoms with Crippen molar-refractivity contribution in [1.29, 1.82) is 0 Å². The molecular formula is C16H23N5. The lowest BCUT2D eigenvalue weighted by molar-refractivity contribution is 0.202. The smallest absolute Gasteiger partial charge is 0.156 e. The third kappa shape index (κ3) is 2.70. The number of rotatable bonds is 4. The molecule has 3 rings (SSSR count). The van der Waals surface area contributed by atoms with Gasteiger partial charge in [-0.25, -0.2) is 9.97 Å². The SMILES string of the molecule is CCc1nccn1-c1cncc([C@@H]2CCCN2C(C)C)n1. The van der Waals surface area contributed by atoms with Gasteiger partial charge in [-0.15, -0.1) is 0 Å². The van der Waals surface area contributed by atoms with Crippen molar-refractivity contribution < 1.29 is 0 Å². The number of imidazole rings is 1. The summed E-state index contributed by atoms with van der Waals surface area (Å²) in [5.41, 5.74) is 1.08. The van der Waals surface area contributed by atoms with E-state index in [1.165, 1.54) is 12.8 Å². The molecule has 0 unspecified atom stereocenters. The van der Waals surface area contributed by atoms with Crippen molar-refractivity contribution in [3.63, 3.8) is 0 Å². The summed E-state index contributed by atoms with van der Waals surface area (Å²) < 4.78 is 2.03. The van der Waals surface area contributed by atoms with Crippen LogP contribution in [0.3, 0.4) is 0 Å². The molecule has 1 aliphatic heterocycles. The lowest BCUT2D eigenvalue weighted by atomic mass is 10.1. The van der Waals surface area contributed by atoms with Crippen molar-refractivity contribution in [3.8, 4) is 5.82 Å². The average molecular weight is 285 g/mol. The Balaban J connectivity index is 1.93. The maximum atomic E-state index is 4.86. The zero-order valence-electron chi connectivity index (χ0n) is 13.0. The van der Waals surface area contributed by atoms with Crippen molar-refractivity contribution in [1.82, 2.24) is 24.4 Å². The first-order valence-electron chi connectivity index (χ1n) is 7.81. The summed E-state index contributed by atoms with van der Waals surface area (Å²) in [6, 6.07) is 0.938. The summed E-state index contributed by atoms with van der Waals surface area (Å²) in [5.74, 6) is 1.89. The molecule has 0 bridgehead atoms. The van der Waals surface area contributed by atoms with E-state index in [2.05, 4.69) is 35.6 Å². The molecule has 0 N–H and O–H groups in total. The Kier molecular flexibility index (Phi) is 4.01. The van der Waals surface area contributed by atoms with Crippen LogP contribution in [-0.4, -0.2) is 37.0 Å². The Hall–Kier alpha value is -1.75. The van der Waals surface area contributed by atoms with Crippen LogP contribution in [0.15, 0.2) is 24.8 Å². The molecule has 0 saturated carbocycles. The number of aromatic nitrogens is 4. The molecule has 5 nitrogen and oxygen atoms in total. The molecular weight excluding hydrogens is 262 g/mol. The van der Waals surface area contributed by atoms with Crippen LogP contribution in [0.25, 0.3) is 5.82 Å². The van der Waals surface area contributed by atoms with Crippen LogP contribution in [0, 0.1) is 0 Å². The molecule has 5 heteroatoms. The highest BCUT2D eigenvalue weighted by Crippen LogP contribution is 2.32. The van der Waals surface area contributed by atoms with E-state index >= 15 is 0 Å². The van der Waals surface area contributed by atoms with Crippen LogP contribution in [0.5, 0.6) is 0 Å². The van der Waals surface area contributed by atoms with Crippen LogP contribution >= 0.6 is 0 Å². The van der Waals surface area contributed by atoms with Crippen molar-refractivity contribution in [2.75, 3.05) is 6.54 Å². The minimum atomic E-state index is 0.394. The topological polar surface area (TPSA) is 46.8 Å². The minimum absolute atomic E-state index is 0.394. The number of nitrogens with zero attached hydrogens (tertiary/aromatic N) is 5. The fourth-order valence-electron chi connectivity index (χ4n) is 3.18. The number of hydrogen-bond donors (Lipinski definition) is 0. The third-order valence-corrected chi connectivity index (χ3v) is 4.22. The Labute approximate surface area is 126 Å². The molecule has 0 spiro atoms. The molecule has 2 aromatic heterocycles. The standard InChI is InChI=1S/C16H23N5/c1-4-15-18-7-9-21(15)16-11-17-10-13(19-16)14-6-5-8-20(14)12(2)3/h7,9-12,14H,4-6,8H2,1-3H3/t14-/m0/s1. The number of hydrogen-bond acceptors (Lipinski definition) is 4. The van der Waals surface area contributed by atoms with Gasteiger partial charge >= 0.3 is 0 Å². The van der Waals surface area contributed by atoms with E-state index in [1.54, 1.807) is 0 Å². The van der Waals surface area contributed by atoms with Crippen LogP contribution < -0.4 is 0 Å². The van der Waals surface area contributed by atoms with Crippen LogP contribution in [0.4, 0.5) is 0 Å². The van der Waals surface area contributed by atoms with Crippen LogP contribution in [0.1, 0.15) is 51.2 Å². The van der Waals surface area contributed by atoms with Gasteiger partial charge in [-0.3, -0.25) is 14.5 Å². The second kappa shape index (κ2) is 5.93. The van der Waals surface area contributed by atoms with Crippen molar-refractivity contribution >= 4 is 0 Å². The summed E-state index contributed by atoms with van der Waals surface area (Å²) in [5, 5.41) is 0. The molecule has 0 aliphatic carbocycles. The van der Waals surface area contributed by atoms with Gasteiger partial charge in [0.05, 0.1) is 24.1 Å². The van der Waals surface area contributed by atoms with E-state index in [0.29, 0.717) is 12.1 Å². The highest BCUT2D eigenvalue weighted by molar-refractivity contribution is 5.24. The third-order valence-electron chi connectivity index (χ3n) is 4.22. The van der Waals surface area contributed by atoms with E-state index in [0.717, 1.165) is 30.3 Å². The fraction of sp³-hybridized carbons (Fsp3) is 0.562. The molecule has 112 valence electrons. The van der Waals surface area contributed by atoms with Crippen molar-refractivity contribution in [3.05, 3.63) is 36.3 Å². The average Bonchev–Trinajstić information content (AvgIpc) is 3.16. The monoisotopic (exact) mass is 285 g/mol. The van der Waals surface area contributed by atoms with Crippen LogP contribution in [-0.2, 0) is 6.42 Å². The van der Waals surface area contributed by atoms with Gasteiger partial charge in [0.25, 0.3) is 0 Å². The lowest BCUT2D eigenvalue weighted by Gasteiger charge is -2.27. The highest BCUT2D eigenvalue weighted by Gasteiger charge is 2.29. The number of aryl methyl sites for hydroxylation is 1. The van der Waals surface area contributed by atoms with E-state index in [9.17, 15) is 0 Å². The minimum Gasteiger partial charge on any atom is -0.292 e. The van der Waals surface area contributed by atoms with E-state index in [4.69, 9.17) is 4.98 Å². The molecule has 0 aromatic carbocycles. The number of likely N-dealkylation sites (tertiary alicyclic amines) is 1. The van der Waals surface area contributed by atoms with E-state index in [1.807, 2.05) is 29.4 Å². The molecule has 0 amide bonds. The Bertz CT molecular complexity index is 604. The Morgan fingerprint density at radius 3 is 2.95 bits per heavy atom. The van der Waals surface area contributed by atoms with Gasteiger partial charge in [0.1, 0.15) is 5.82 Å². The normalized spacial score (nSPS) is 19.5. The van der Waals surface area contributed by atoms with Gasteiger partial charge in [-0.2, -0.15) is 0 Å². The largest absolute Gasteiger partial charge is 0.292 e. The maximum absolute atomic E-state index is 4.86. The lowest BCUT2D eigenvalue weighted by Crippen LogP contribution is -2.30. The summed E-state index contributed by atoms with van der Waals surface area (Å²) in [7, 11) is 0. The van der Waals surface area contributed by atoms with Gasteiger partial charge in [0, 0.05) is 24.9 Å². The quantitative estimate of drug-likeness (QED) is 0.866. The highest BCUT2D eigenvalue weighted by atomic mass is 15.2. The van der Waals surface area contributed by atoms with E-state index in [-0.39, 0.29) is 0 Å².